The maximum atomic E-state index is 4.82. The van der Waals surface area contributed by atoms with E-state index in [-0.39, 0.29) is 26.3 Å². The van der Waals surface area contributed by atoms with Gasteiger partial charge in [0.05, 0.1) is 0 Å². The van der Waals surface area contributed by atoms with Crippen LogP contribution in [-0.4, -0.2) is 32.9 Å². The van der Waals surface area contributed by atoms with Crippen LogP contribution in [0.3, 0.4) is 0 Å². The Labute approximate surface area is 146 Å². The summed E-state index contributed by atoms with van der Waals surface area (Å²) in [7, 11) is -4.17. The van der Waals surface area contributed by atoms with Gasteiger partial charge in [0, 0.05) is 0 Å². The predicted octanol–water partition coefficient (Wildman–Crippen LogP) is 2.92. The molecule has 0 saturated heterocycles. The van der Waals surface area contributed by atoms with Gasteiger partial charge in [-0.25, -0.2) is 0 Å². The van der Waals surface area contributed by atoms with E-state index in [1.54, 1.807) is 0 Å². The molecule has 0 aliphatic heterocycles. The van der Waals surface area contributed by atoms with E-state index in [9.17, 15) is 0 Å². The zero-order valence-corrected chi connectivity index (χ0v) is 19.9. The van der Waals surface area contributed by atoms with Crippen LogP contribution in [0.4, 0.5) is 0 Å². The smallest absolute Gasteiger partial charge is 0.668 e. The molecule has 0 saturated carbocycles. The quantitative estimate of drug-likeness (QED) is 0.780. The molecule has 0 radical (unpaired) electrons. The maximum absolute atomic E-state index is 4.82. The summed E-state index contributed by atoms with van der Waals surface area (Å²) < 4.78 is 8.56. The van der Waals surface area contributed by atoms with E-state index < -0.39 is 32.9 Å². The van der Waals surface area contributed by atoms with Crippen molar-refractivity contribution in [3.05, 3.63) is 4.65 Å². The SMILES string of the molecule is C.C[Si](C)(C)N[Si](C)(C)C.C[Si](C)(C)[N-][Si](C)(C)C.[Li+]. The maximum Gasteiger partial charge on any atom is 1.00 e. The average molecular weight is 345 g/mol. The first kappa shape index (κ1) is 29.4. The Kier molecular flexibility index (Phi) is 15.0. The predicted molar refractivity (Wildman–Crippen MR) is 107 cm³/mol. The van der Waals surface area contributed by atoms with Crippen molar-refractivity contribution in [1.29, 1.82) is 0 Å². The Hall–Kier alpha value is 1.38. The molecule has 0 rings (SSSR count). The molecule has 0 amide bonds. The van der Waals surface area contributed by atoms with E-state index in [0.29, 0.717) is 0 Å². The molecular formula is C13H41LiN2Si4. The summed E-state index contributed by atoms with van der Waals surface area (Å²) in [6, 6.07) is 0. The number of hydrogen-bond acceptors (Lipinski definition) is 1. The third-order valence-electron chi connectivity index (χ3n) is 1.42. The van der Waals surface area contributed by atoms with Gasteiger partial charge in [0.25, 0.3) is 0 Å². The van der Waals surface area contributed by atoms with E-state index in [2.05, 4.69) is 83.2 Å². The molecule has 20 heavy (non-hydrogen) atoms. The molecule has 120 valence electrons. The Morgan fingerprint density at radius 1 is 0.550 bits per heavy atom. The number of nitrogens with zero attached hydrogens (tertiary/aromatic N) is 1. The van der Waals surface area contributed by atoms with Crippen LogP contribution in [0.2, 0.25) is 78.6 Å². The third kappa shape index (κ3) is 36.6. The minimum absolute atomic E-state index is 0. The van der Waals surface area contributed by atoms with Crippen LogP contribution in [-0.2, 0) is 0 Å². The summed E-state index contributed by atoms with van der Waals surface area (Å²) in [5.74, 6) is 0. The van der Waals surface area contributed by atoms with Crippen molar-refractivity contribution in [3.8, 4) is 0 Å². The van der Waals surface area contributed by atoms with Crippen LogP contribution >= 0.6 is 0 Å². The van der Waals surface area contributed by atoms with Gasteiger partial charge >= 0.3 is 18.9 Å². The number of nitrogens with one attached hydrogen (secondary N) is 1. The molecule has 0 heterocycles. The average Bonchev–Trinajstić information content (AvgIpc) is 1.64. The molecule has 0 atom stereocenters. The normalized spacial score (nSPS) is 12.6. The van der Waals surface area contributed by atoms with Crippen LogP contribution in [0, 0.1) is 0 Å². The van der Waals surface area contributed by atoms with Crippen molar-refractivity contribution >= 4 is 32.9 Å². The first-order valence-corrected chi connectivity index (χ1v) is 20.8. The van der Waals surface area contributed by atoms with Crippen molar-refractivity contribution in [1.82, 2.24) is 4.65 Å². The molecule has 0 aromatic heterocycles. The molecule has 0 aliphatic rings. The van der Waals surface area contributed by atoms with Gasteiger partial charge in [-0.2, -0.15) is 0 Å². The first-order valence-electron chi connectivity index (χ1n) is 6.95. The molecule has 0 aromatic carbocycles. The zero-order chi connectivity index (χ0) is 15.4. The second-order valence-corrected chi connectivity index (χ2v) is 28.7. The van der Waals surface area contributed by atoms with Gasteiger partial charge in [-0.05, 0) is 0 Å². The Morgan fingerprint density at radius 2 is 0.750 bits per heavy atom. The summed E-state index contributed by atoms with van der Waals surface area (Å²) in [4.78, 5) is 0. The van der Waals surface area contributed by atoms with E-state index in [4.69, 9.17) is 4.65 Å². The molecule has 0 spiro atoms. The van der Waals surface area contributed by atoms with E-state index >= 15 is 0 Å². The molecule has 1 N–H and O–H groups in total. The summed E-state index contributed by atoms with van der Waals surface area (Å²) >= 11 is 0. The van der Waals surface area contributed by atoms with Gasteiger partial charge < -0.3 is 9.30 Å². The topological polar surface area (TPSA) is 26.1 Å². The molecule has 2 nitrogen and oxygen atoms in total. The van der Waals surface area contributed by atoms with Gasteiger partial charge in [0.15, 0.2) is 0 Å². The molecule has 7 heteroatoms. The fraction of sp³-hybridized carbons (Fsp3) is 1.00. The molecule has 0 aromatic rings. The van der Waals surface area contributed by atoms with Crippen molar-refractivity contribution in [2.45, 2.75) is 86.0 Å². The third-order valence-corrected chi connectivity index (χ3v) is 12.8. The van der Waals surface area contributed by atoms with Crippen molar-refractivity contribution in [3.63, 3.8) is 0 Å². The number of hydrogen-bond donors (Lipinski definition) is 1. The van der Waals surface area contributed by atoms with E-state index in [1.807, 2.05) is 0 Å². The van der Waals surface area contributed by atoms with Gasteiger partial charge in [0.1, 0.15) is 16.5 Å². The minimum Gasteiger partial charge on any atom is -0.668 e. The van der Waals surface area contributed by atoms with Gasteiger partial charge in [-0.1, -0.05) is 102 Å². The summed E-state index contributed by atoms with van der Waals surface area (Å²) in [6.07, 6.45) is 0. The van der Waals surface area contributed by atoms with Crippen LogP contribution in [0.5, 0.6) is 0 Å². The second-order valence-electron chi connectivity index (χ2n) is 9.08. The van der Waals surface area contributed by atoms with Crippen LogP contribution < -0.4 is 23.5 Å². The van der Waals surface area contributed by atoms with Crippen molar-refractivity contribution < 1.29 is 18.9 Å². The minimum atomic E-state index is -1.11. The van der Waals surface area contributed by atoms with E-state index in [1.165, 1.54) is 0 Å². The molecule has 0 bridgehead atoms. The standard InChI is InChI=1S/C6H19NSi2.C6H18NSi2.CH4.Li/c2*1-8(2,3)7-9(4,5)6;;/h7H,1-6H3;1-6H3;1H4;/q;-1;;+1. The summed E-state index contributed by atoms with van der Waals surface area (Å²) in [5.41, 5.74) is 0. The van der Waals surface area contributed by atoms with Crippen LogP contribution in [0.1, 0.15) is 7.43 Å². The molecule has 0 unspecified atom stereocenters. The molecular weight excluding hydrogens is 303 g/mol. The van der Waals surface area contributed by atoms with E-state index in [0.717, 1.165) is 0 Å². The summed E-state index contributed by atoms with van der Waals surface area (Å²) in [6.45, 7) is 27.9. The Bertz CT molecular complexity index is 185. The largest absolute Gasteiger partial charge is 1.00 e. The van der Waals surface area contributed by atoms with Gasteiger partial charge in [-0.3, -0.25) is 0 Å². The van der Waals surface area contributed by atoms with Gasteiger partial charge in [0.2, 0.25) is 0 Å². The summed E-state index contributed by atoms with van der Waals surface area (Å²) in [5, 5.41) is 0. The van der Waals surface area contributed by atoms with Crippen LogP contribution in [0.15, 0.2) is 0 Å². The van der Waals surface area contributed by atoms with Crippen molar-refractivity contribution in [2.75, 3.05) is 0 Å². The Balaban J connectivity index is -0.000000116. The molecule has 0 fully saturated rings. The second kappa shape index (κ2) is 10.2. The van der Waals surface area contributed by atoms with Crippen molar-refractivity contribution in [2.24, 2.45) is 0 Å². The fourth-order valence-corrected chi connectivity index (χ4v) is 19.2. The monoisotopic (exact) mass is 344 g/mol. The fourth-order valence-electron chi connectivity index (χ4n) is 2.13. The van der Waals surface area contributed by atoms with Gasteiger partial charge in [-0.15, -0.1) is 0 Å². The first-order chi connectivity index (χ1) is 7.41. The Morgan fingerprint density at radius 3 is 0.750 bits per heavy atom. The van der Waals surface area contributed by atoms with Crippen LogP contribution in [0.25, 0.3) is 4.65 Å². The zero-order valence-electron chi connectivity index (χ0n) is 15.9. The molecule has 0 aliphatic carbocycles. The number of rotatable bonds is 4.